The first-order valence-corrected chi connectivity index (χ1v) is 8.96. The van der Waals surface area contributed by atoms with E-state index in [4.69, 9.17) is 4.74 Å². The third-order valence-corrected chi connectivity index (χ3v) is 5.66. The van der Waals surface area contributed by atoms with Crippen molar-refractivity contribution in [3.8, 4) is 0 Å². The Morgan fingerprint density at radius 3 is 2.47 bits per heavy atom. The van der Waals surface area contributed by atoms with Gasteiger partial charge in [0.15, 0.2) is 0 Å². The second-order valence-corrected chi connectivity index (χ2v) is 7.00. The molecule has 17 heavy (non-hydrogen) atoms. The molecule has 0 unspecified atom stereocenters. The van der Waals surface area contributed by atoms with Crippen molar-refractivity contribution < 1.29 is 13.2 Å². The molecule has 0 aromatic carbocycles. The molecule has 0 aromatic heterocycles. The lowest BCUT2D eigenvalue weighted by Crippen LogP contribution is -2.52. The van der Waals surface area contributed by atoms with Gasteiger partial charge < -0.3 is 4.74 Å². The highest BCUT2D eigenvalue weighted by molar-refractivity contribution is 9.09. The molecule has 0 aromatic rings. The standard InChI is InChI=1S/C11H22BrNO3S/c1-2-16-8-9-17(14,15)13-11(10-12)6-4-3-5-7-11/h13H,2-10H2,1H3. The number of hydrogen-bond acceptors (Lipinski definition) is 3. The van der Waals surface area contributed by atoms with Crippen LogP contribution in [0.1, 0.15) is 39.0 Å². The number of rotatable bonds is 7. The molecule has 1 fully saturated rings. The van der Waals surface area contributed by atoms with Crippen molar-refractivity contribution in [3.63, 3.8) is 0 Å². The Morgan fingerprint density at radius 2 is 1.94 bits per heavy atom. The number of halogens is 1. The van der Waals surface area contributed by atoms with Crippen LogP contribution in [0.2, 0.25) is 0 Å². The van der Waals surface area contributed by atoms with Crippen LogP contribution in [0, 0.1) is 0 Å². The van der Waals surface area contributed by atoms with E-state index >= 15 is 0 Å². The smallest absolute Gasteiger partial charge is 0.214 e. The summed E-state index contributed by atoms with van der Waals surface area (Å²) in [5.74, 6) is 0.0512. The quantitative estimate of drug-likeness (QED) is 0.575. The van der Waals surface area contributed by atoms with Crippen LogP contribution in [-0.4, -0.2) is 38.3 Å². The molecule has 0 spiro atoms. The zero-order valence-electron chi connectivity index (χ0n) is 10.4. The summed E-state index contributed by atoms with van der Waals surface area (Å²) in [6, 6.07) is 0. The average molecular weight is 328 g/mol. The van der Waals surface area contributed by atoms with Crippen LogP contribution in [0.15, 0.2) is 0 Å². The lowest BCUT2D eigenvalue weighted by Gasteiger charge is -2.36. The van der Waals surface area contributed by atoms with Crippen LogP contribution >= 0.6 is 15.9 Å². The maximum Gasteiger partial charge on any atom is 0.214 e. The topological polar surface area (TPSA) is 55.4 Å². The summed E-state index contributed by atoms with van der Waals surface area (Å²) in [4.78, 5) is 0. The zero-order valence-corrected chi connectivity index (χ0v) is 12.8. The minimum absolute atomic E-state index is 0.0512. The number of alkyl halides is 1. The summed E-state index contributed by atoms with van der Waals surface area (Å²) in [7, 11) is -3.23. The van der Waals surface area contributed by atoms with Crippen LogP contribution < -0.4 is 4.72 Å². The molecule has 0 amide bonds. The molecule has 0 heterocycles. The first-order valence-electron chi connectivity index (χ1n) is 6.19. The molecule has 0 bridgehead atoms. The van der Waals surface area contributed by atoms with Gasteiger partial charge in [-0.2, -0.15) is 0 Å². The molecule has 1 N–H and O–H groups in total. The van der Waals surface area contributed by atoms with E-state index in [1.807, 2.05) is 6.92 Å². The van der Waals surface area contributed by atoms with E-state index in [0.717, 1.165) is 25.7 Å². The average Bonchev–Trinajstić information content (AvgIpc) is 2.30. The first-order chi connectivity index (χ1) is 8.04. The number of hydrogen-bond donors (Lipinski definition) is 1. The third kappa shape index (κ3) is 5.24. The molecule has 4 nitrogen and oxygen atoms in total. The van der Waals surface area contributed by atoms with E-state index in [0.29, 0.717) is 11.9 Å². The van der Waals surface area contributed by atoms with Crippen molar-refractivity contribution in [1.82, 2.24) is 4.72 Å². The predicted octanol–water partition coefficient (Wildman–Crippen LogP) is 2.04. The van der Waals surface area contributed by atoms with Gasteiger partial charge >= 0.3 is 0 Å². The van der Waals surface area contributed by atoms with Gasteiger partial charge in [0.05, 0.1) is 12.4 Å². The van der Waals surface area contributed by atoms with Crippen molar-refractivity contribution >= 4 is 26.0 Å². The number of ether oxygens (including phenoxy) is 1. The fourth-order valence-corrected chi connectivity index (χ4v) is 4.45. The lowest BCUT2D eigenvalue weighted by atomic mass is 9.84. The minimum atomic E-state index is -3.23. The highest BCUT2D eigenvalue weighted by Crippen LogP contribution is 2.30. The molecule has 0 radical (unpaired) electrons. The summed E-state index contributed by atoms with van der Waals surface area (Å²) in [6.07, 6.45) is 5.24. The maximum atomic E-state index is 11.9. The number of sulfonamides is 1. The normalized spacial score (nSPS) is 20.4. The largest absolute Gasteiger partial charge is 0.381 e. The Morgan fingerprint density at radius 1 is 1.29 bits per heavy atom. The van der Waals surface area contributed by atoms with Crippen LogP contribution in [0.3, 0.4) is 0 Å². The van der Waals surface area contributed by atoms with Gasteiger partial charge in [0.2, 0.25) is 10.0 Å². The van der Waals surface area contributed by atoms with E-state index in [1.165, 1.54) is 6.42 Å². The second kappa shape index (κ2) is 7.07. The predicted molar refractivity (Wildman–Crippen MR) is 73.0 cm³/mol. The van der Waals surface area contributed by atoms with Gasteiger partial charge in [-0.1, -0.05) is 35.2 Å². The Labute approximate surface area is 113 Å². The van der Waals surface area contributed by atoms with Crippen molar-refractivity contribution in [2.24, 2.45) is 0 Å². The summed E-state index contributed by atoms with van der Waals surface area (Å²) in [6.45, 7) is 2.68. The summed E-state index contributed by atoms with van der Waals surface area (Å²) in [5, 5.41) is 0.688. The molecule has 1 saturated carbocycles. The molecule has 102 valence electrons. The summed E-state index contributed by atoms with van der Waals surface area (Å²) >= 11 is 3.44. The minimum Gasteiger partial charge on any atom is -0.381 e. The second-order valence-electron chi connectivity index (χ2n) is 4.59. The fourth-order valence-electron chi connectivity index (χ4n) is 2.19. The Kier molecular flexibility index (Phi) is 6.40. The molecule has 1 aliphatic carbocycles. The lowest BCUT2D eigenvalue weighted by molar-refractivity contribution is 0.163. The summed E-state index contributed by atoms with van der Waals surface area (Å²) < 4.78 is 31.8. The van der Waals surface area contributed by atoms with Gasteiger partial charge in [-0.05, 0) is 19.8 Å². The SMILES string of the molecule is CCOCCS(=O)(=O)NC1(CBr)CCCCC1. The van der Waals surface area contributed by atoms with E-state index in [2.05, 4.69) is 20.7 Å². The van der Waals surface area contributed by atoms with E-state index < -0.39 is 10.0 Å². The Balaban J connectivity index is 2.54. The molecular weight excluding hydrogens is 306 g/mol. The molecule has 0 atom stereocenters. The Bertz CT molecular complexity index is 313. The van der Waals surface area contributed by atoms with Gasteiger partial charge in [0.1, 0.15) is 0 Å². The van der Waals surface area contributed by atoms with Gasteiger partial charge in [-0.15, -0.1) is 0 Å². The highest BCUT2D eigenvalue weighted by atomic mass is 79.9. The molecule has 0 saturated heterocycles. The third-order valence-electron chi connectivity index (χ3n) is 3.14. The van der Waals surface area contributed by atoms with E-state index in [1.54, 1.807) is 0 Å². The first kappa shape index (κ1) is 15.4. The monoisotopic (exact) mass is 327 g/mol. The van der Waals surface area contributed by atoms with Gasteiger partial charge in [0, 0.05) is 17.5 Å². The van der Waals surface area contributed by atoms with Crippen molar-refractivity contribution in [3.05, 3.63) is 0 Å². The number of nitrogens with one attached hydrogen (secondary N) is 1. The Hall–Kier alpha value is 0.350. The maximum absolute atomic E-state index is 11.9. The molecule has 6 heteroatoms. The van der Waals surface area contributed by atoms with Crippen molar-refractivity contribution in [2.75, 3.05) is 24.3 Å². The zero-order chi connectivity index (χ0) is 12.8. The van der Waals surface area contributed by atoms with Crippen LogP contribution in [-0.2, 0) is 14.8 Å². The van der Waals surface area contributed by atoms with Gasteiger partial charge in [-0.25, -0.2) is 13.1 Å². The van der Waals surface area contributed by atoms with E-state index in [9.17, 15) is 8.42 Å². The van der Waals surface area contributed by atoms with E-state index in [-0.39, 0.29) is 17.9 Å². The van der Waals surface area contributed by atoms with Crippen LogP contribution in [0.4, 0.5) is 0 Å². The summed E-state index contributed by atoms with van der Waals surface area (Å²) in [5.41, 5.74) is -0.275. The van der Waals surface area contributed by atoms with Crippen molar-refractivity contribution in [1.29, 1.82) is 0 Å². The molecular formula is C11H22BrNO3S. The van der Waals surface area contributed by atoms with Crippen molar-refractivity contribution in [2.45, 2.75) is 44.6 Å². The molecule has 1 aliphatic rings. The van der Waals surface area contributed by atoms with Gasteiger partial charge in [-0.3, -0.25) is 0 Å². The van der Waals surface area contributed by atoms with Crippen LogP contribution in [0.25, 0.3) is 0 Å². The molecule has 0 aliphatic heterocycles. The van der Waals surface area contributed by atoms with Crippen LogP contribution in [0.5, 0.6) is 0 Å². The highest BCUT2D eigenvalue weighted by Gasteiger charge is 2.34. The fraction of sp³-hybridized carbons (Fsp3) is 1.00. The van der Waals surface area contributed by atoms with Gasteiger partial charge in [0.25, 0.3) is 0 Å². The molecule has 1 rings (SSSR count).